The van der Waals surface area contributed by atoms with Crippen LogP contribution >= 0.6 is 0 Å². The number of unbranched alkanes of at least 4 members (excludes halogenated alkanes) is 1. The third kappa shape index (κ3) is 6.62. The van der Waals surface area contributed by atoms with Crippen molar-refractivity contribution in [1.82, 2.24) is 0 Å². The number of benzene rings is 2. The van der Waals surface area contributed by atoms with Crippen LogP contribution in [-0.2, 0) is 9.53 Å². The van der Waals surface area contributed by atoms with Crippen LogP contribution in [0.15, 0.2) is 54.6 Å². The molecule has 0 spiro atoms. The maximum atomic E-state index is 12.1. The van der Waals surface area contributed by atoms with Crippen LogP contribution < -0.4 is 10.1 Å². The summed E-state index contributed by atoms with van der Waals surface area (Å²) < 4.78 is 10.7. The quantitative estimate of drug-likeness (QED) is 0.397. The molecular formula is C22H25NO4. The first-order valence-corrected chi connectivity index (χ1v) is 9.12. The summed E-state index contributed by atoms with van der Waals surface area (Å²) in [6.07, 6.45) is 4.98. The van der Waals surface area contributed by atoms with Crippen LogP contribution in [0.2, 0.25) is 0 Å². The van der Waals surface area contributed by atoms with Gasteiger partial charge in [-0.3, -0.25) is 4.79 Å². The molecule has 0 atom stereocenters. The molecule has 0 bridgehead atoms. The van der Waals surface area contributed by atoms with Gasteiger partial charge in [0.05, 0.1) is 18.8 Å². The molecule has 1 N–H and O–H groups in total. The van der Waals surface area contributed by atoms with Gasteiger partial charge in [0.2, 0.25) is 5.91 Å². The summed E-state index contributed by atoms with van der Waals surface area (Å²) in [6.45, 7) is 4.93. The third-order valence-corrected chi connectivity index (χ3v) is 3.75. The average Bonchev–Trinajstić information content (AvgIpc) is 2.68. The van der Waals surface area contributed by atoms with E-state index in [9.17, 15) is 9.59 Å². The maximum absolute atomic E-state index is 12.1. The highest BCUT2D eigenvalue weighted by molar-refractivity contribution is 6.02. The summed E-state index contributed by atoms with van der Waals surface area (Å²) in [6, 6.07) is 14.1. The van der Waals surface area contributed by atoms with E-state index in [-0.39, 0.29) is 11.9 Å². The number of anilines is 1. The smallest absolute Gasteiger partial charge is 0.338 e. The molecule has 2 aromatic carbocycles. The van der Waals surface area contributed by atoms with Crippen molar-refractivity contribution in [2.45, 2.75) is 26.7 Å². The van der Waals surface area contributed by atoms with Crippen molar-refractivity contribution in [1.29, 1.82) is 0 Å². The van der Waals surface area contributed by atoms with E-state index in [0.717, 1.165) is 24.2 Å². The van der Waals surface area contributed by atoms with E-state index in [4.69, 9.17) is 9.47 Å². The van der Waals surface area contributed by atoms with Crippen molar-refractivity contribution in [3.63, 3.8) is 0 Å². The molecule has 0 aromatic heterocycles. The van der Waals surface area contributed by atoms with E-state index in [1.807, 2.05) is 38.1 Å². The van der Waals surface area contributed by atoms with Gasteiger partial charge in [0, 0.05) is 17.3 Å². The van der Waals surface area contributed by atoms with E-state index >= 15 is 0 Å². The van der Waals surface area contributed by atoms with E-state index in [1.165, 1.54) is 6.08 Å². The van der Waals surface area contributed by atoms with E-state index in [0.29, 0.717) is 24.5 Å². The number of esters is 1. The molecule has 0 aliphatic carbocycles. The second-order valence-corrected chi connectivity index (χ2v) is 5.86. The summed E-state index contributed by atoms with van der Waals surface area (Å²) >= 11 is 0. The Hall–Kier alpha value is -3.08. The number of rotatable bonds is 9. The number of para-hydroxylation sites is 1. The second kappa shape index (κ2) is 10.8. The number of amides is 1. The van der Waals surface area contributed by atoms with Crippen LogP contribution in [0.25, 0.3) is 6.08 Å². The van der Waals surface area contributed by atoms with Gasteiger partial charge in [0.15, 0.2) is 0 Å². The van der Waals surface area contributed by atoms with Crippen LogP contribution in [0.4, 0.5) is 5.69 Å². The average molecular weight is 367 g/mol. The highest BCUT2D eigenvalue weighted by Crippen LogP contribution is 2.19. The predicted octanol–water partition coefficient (Wildman–Crippen LogP) is 4.69. The SMILES string of the molecule is CCCCOC(=O)c1ccc(NC(=O)/C=C/c2ccccc2OCC)cc1. The molecule has 5 heteroatoms. The minimum absolute atomic E-state index is 0.264. The summed E-state index contributed by atoms with van der Waals surface area (Å²) in [4.78, 5) is 24.0. The highest BCUT2D eigenvalue weighted by Gasteiger charge is 2.07. The zero-order chi connectivity index (χ0) is 19.5. The van der Waals surface area contributed by atoms with E-state index < -0.39 is 0 Å². The first-order chi connectivity index (χ1) is 13.1. The van der Waals surface area contributed by atoms with Gasteiger partial charge in [0.25, 0.3) is 0 Å². The van der Waals surface area contributed by atoms with Crippen molar-refractivity contribution in [2.24, 2.45) is 0 Å². The summed E-state index contributed by atoms with van der Waals surface area (Å²) in [5, 5.41) is 2.76. The third-order valence-electron chi connectivity index (χ3n) is 3.75. The second-order valence-electron chi connectivity index (χ2n) is 5.86. The van der Waals surface area contributed by atoms with Crippen LogP contribution in [0, 0.1) is 0 Å². The molecule has 2 rings (SSSR count). The molecule has 0 radical (unpaired) electrons. The lowest BCUT2D eigenvalue weighted by molar-refractivity contribution is -0.111. The Labute approximate surface area is 160 Å². The zero-order valence-corrected chi connectivity index (χ0v) is 15.7. The number of hydrogen-bond donors (Lipinski definition) is 1. The van der Waals surface area contributed by atoms with Gasteiger partial charge in [-0.05, 0) is 49.8 Å². The van der Waals surface area contributed by atoms with Crippen molar-refractivity contribution < 1.29 is 19.1 Å². The Kier molecular flexibility index (Phi) is 8.10. The Morgan fingerprint density at radius 1 is 1.04 bits per heavy atom. The zero-order valence-electron chi connectivity index (χ0n) is 15.7. The lowest BCUT2D eigenvalue weighted by atomic mass is 10.2. The van der Waals surface area contributed by atoms with Gasteiger partial charge >= 0.3 is 5.97 Å². The van der Waals surface area contributed by atoms with Crippen molar-refractivity contribution in [2.75, 3.05) is 18.5 Å². The van der Waals surface area contributed by atoms with E-state index in [2.05, 4.69) is 5.32 Å². The first kappa shape index (κ1) is 20.2. The van der Waals surface area contributed by atoms with E-state index in [1.54, 1.807) is 30.3 Å². The topological polar surface area (TPSA) is 64.6 Å². The van der Waals surface area contributed by atoms with Gasteiger partial charge in [0.1, 0.15) is 5.75 Å². The normalized spacial score (nSPS) is 10.6. The molecule has 0 fully saturated rings. The lowest BCUT2D eigenvalue weighted by Gasteiger charge is -2.07. The van der Waals surface area contributed by atoms with Gasteiger partial charge < -0.3 is 14.8 Å². The fraction of sp³-hybridized carbons (Fsp3) is 0.273. The molecule has 5 nitrogen and oxygen atoms in total. The van der Waals surface area contributed by atoms with Crippen LogP contribution in [0.1, 0.15) is 42.6 Å². The Morgan fingerprint density at radius 2 is 1.78 bits per heavy atom. The number of carbonyl (C=O) groups excluding carboxylic acids is 2. The molecule has 142 valence electrons. The Balaban J connectivity index is 1.93. The molecule has 0 heterocycles. The van der Waals surface area contributed by atoms with Crippen molar-refractivity contribution >= 4 is 23.6 Å². The fourth-order valence-electron chi connectivity index (χ4n) is 2.34. The Morgan fingerprint density at radius 3 is 2.48 bits per heavy atom. The monoisotopic (exact) mass is 367 g/mol. The van der Waals surface area contributed by atoms with Gasteiger partial charge in [-0.25, -0.2) is 4.79 Å². The molecule has 0 aliphatic heterocycles. The molecule has 0 aliphatic rings. The molecule has 0 saturated heterocycles. The maximum Gasteiger partial charge on any atom is 0.338 e. The number of hydrogen-bond acceptors (Lipinski definition) is 4. The highest BCUT2D eigenvalue weighted by atomic mass is 16.5. The van der Waals surface area contributed by atoms with Crippen LogP contribution in [0.3, 0.4) is 0 Å². The van der Waals surface area contributed by atoms with Crippen LogP contribution in [0.5, 0.6) is 5.75 Å². The lowest BCUT2D eigenvalue weighted by Crippen LogP contribution is -2.09. The van der Waals surface area contributed by atoms with Gasteiger partial charge in [-0.1, -0.05) is 31.5 Å². The first-order valence-electron chi connectivity index (χ1n) is 9.12. The van der Waals surface area contributed by atoms with Crippen molar-refractivity contribution in [3.8, 4) is 5.75 Å². The summed E-state index contributed by atoms with van der Waals surface area (Å²) in [7, 11) is 0. The largest absolute Gasteiger partial charge is 0.493 e. The molecule has 0 saturated carbocycles. The Bertz CT molecular complexity index is 781. The number of carbonyl (C=O) groups is 2. The predicted molar refractivity (Wildman–Crippen MR) is 107 cm³/mol. The minimum atomic E-state index is -0.353. The molecule has 2 aromatic rings. The summed E-state index contributed by atoms with van der Waals surface area (Å²) in [5.74, 6) is 0.114. The van der Waals surface area contributed by atoms with Crippen molar-refractivity contribution in [3.05, 3.63) is 65.7 Å². The summed E-state index contributed by atoms with van der Waals surface area (Å²) in [5.41, 5.74) is 1.90. The number of nitrogens with one attached hydrogen (secondary N) is 1. The molecule has 27 heavy (non-hydrogen) atoms. The number of ether oxygens (including phenoxy) is 2. The minimum Gasteiger partial charge on any atom is -0.493 e. The molecule has 0 unspecified atom stereocenters. The van der Waals surface area contributed by atoms with Crippen LogP contribution in [-0.4, -0.2) is 25.1 Å². The standard InChI is InChI=1S/C22H25NO4/c1-3-5-16-27-22(25)18-10-13-19(14-11-18)23-21(24)15-12-17-8-6-7-9-20(17)26-4-2/h6-15H,3-5,16H2,1-2H3,(H,23,24)/b15-12+. The molecule has 1 amide bonds. The van der Waals surface area contributed by atoms with Gasteiger partial charge in [-0.15, -0.1) is 0 Å². The molecular weight excluding hydrogens is 342 g/mol. The fourth-order valence-corrected chi connectivity index (χ4v) is 2.34. The van der Waals surface area contributed by atoms with Gasteiger partial charge in [-0.2, -0.15) is 0 Å².